The number of benzene rings is 1. The van der Waals surface area contributed by atoms with E-state index in [9.17, 15) is 4.79 Å². The Labute approximate surface area is 104 Å². The summed E-state index contributed by atoms with van der Waals surface area (Å²) in [4.78, 5) is 11.0. The van der Waals surface area contributed by atoms with Crippen molar-refractivity contribution in [3.63, 3.8) is 0 Å². The van der Waals surface area contributed by atoms with Gasteiger partial charge in [-0.05, 0) is 23.0 Å². The lowest BCUT2D eigenvalue weighted by molar-refractivity contribution is 0.0698. The number of carbonyl (C=O) groups is 1. The van der Waals surface area contributed by atoms with Gasteiger partial charge in [-0.25, -0.2) is 4.79 Å². The number of hydrogen-bond acceptors (Lipinski definition) is 3. The summed E-state index contributed by atoms with van der Waals surface area (Å²) in [6, 6.07) is 7.89. The standard InChI is InChI=1S/C13H13NO2S/c1-8(2)9-3-5-10(6-4-9)12-11(13(15)16)7-17-14-12/h3-8H,1-2H3,(H,15,16). The first kappa shape index (κ1) is 11.8. The van der Waals surface area contributed by atoms with Gasteiger partial charge in [-0.2, -0.15) is 4.37 Å². The lowest BCUT2D eigenvalue weighted by Gasteiger charge is -2.06. The molecule has 0 fully saturated rings. The zero-order valence-electron chi connectivity index (χ0n) is 9.68. The van der Waals surface area contributed by atoms with Crippen LogP contribution in [0.5, 0.6) is 0 Å². The minimum absolute atomic E-state index is 0.271. The molecule has 2 aromatic rings. The Morgan fingerprint density at radius 1 is 1.29 bits per heavy atom. The summed E-state index contributed by atoms with van der Waals surface area (Å²) in [6.07, 6.45) is 0. The molecule has 0 saturated heterocycles. The molecule has 1 N–H and O–H groups in total. The van der Waals surface area contributed by atoms with Gasteiger partial charge in [0.25, 0.3) is 0 Å². The minimum Gasteiger partial charge on any atom is -0.478 e. The molecule has 0 aliphatic carbocycles. The maximum Gasteiger partial charge on any atom is 0.338 e. The van der Waals surface area contributed by atoms with E-state index in [0.717, 1.165) is 5.56 Å². The molecule has 0 amide bonds. The first-order valence-corrected chi connectivity index (χ1v) is 6.21. The Kier molecular flexibility index (Phi) is 3.24. The van der Waals surface area contributed by atoms with Crippen LogP contribution in [-0.4, -0.2) is 15.4 Å². The monoisotopic (exact) mass is 247 g/mol. The molecule has 1 heterocycles. The third kappa shape index (κ3) is 2.36. The van der Waals surface area contributed by atoms with Crippen molar-refractivity contribution in [3.8, 4) is 11.3 Å². The molecule has 3 nitrogen and oxygen atoms in total. The SMILES string of the molecule is CC(C)c1ccc(-c2nscc2C(=O)O)cc1. The fraction of sp³-hybridized carbons (Fsp3) is 0.231. The van der Waals surface area contributed by atoms with Crippen LogP contribution in [0.3, 0.4) is 0 Å². The van der Waals surface area contributed by atoms with E-state index in [-0.39, 0.29) is 5.56 Å². The van der Waals surface area contributed by atoms with E-state index in [1.54, 1.807) is 5.38 Å². The van der Waals surface area contributed by atoms with Crippen LogP contribution in [0.1, 0.15) is 35.7 Å². The van der Waals surface area contributed by atoms with E-state index >= 15 is 0 Å². The smallest absolute Gasteiger partial charge is 0.338 e. The molecule has 0 bridgehead atoms. The average molecular weight is 247 g/mol. The summed E-state index contributed by atoms with van der Waals surface area (Å²) in [6.45, 7) is 4.25. The van der Waals surface area contributed by atoms with Crippen molar-refractivity contribution in [2.45, 2.75) is 19.8 Å². The molecule has 0 unspecified atom stereocenters. The second-order valence-corrected chi connectivity index (χ2v) is 4.79. The van der Waals surface area contributed by atoms with Crippen molar-refractivity contribution in [1.29, 1.82) is 0 Å². The van der Waals surface area contributed by atoms with Gasteiger partial charge in [0, 0.05) is 10.9 Å². The second kappa shape index (κ2) is 4.67. The highest BCUT2D eigenvalue weighted by Crippen LogP contribution is 2.25. The topological polar surface area (TPSA) is 50.2 Å². The lowest BCUT2D eigenvalue weighted by atomic mass is 10.00. The van der Waals surface area contributed by atoms with Crippen LogP contribution >= 0.6 is 11.5 Å². The van der Waals surface area contributed by atoms with Crippen molar-refractivity contribution < 1.29 is 9.90 Å². The van der Waals surface area contributed by atoms with Crippen molar-refractivity contribution in [2.75, 3.05) is 0 Å². The third-order valence-corrected chi connectivity index (χ3v) is 3.28. The Balaban J connectivity index is 2.40. The predicted molar refractivity (Wildman–Crippen MR) is 68.6 cm³/mol. The molecule has 17 heavy (non-hydrogen) atoms. The fourth-order valence-electron chi connectivity index (χ4n) is 1.62. The van der Waals surface area contributed by atoms with Crippen LogP contribution < -0.4 is 0 Å². The van der Waals surface area contributed by atoms with Gasteiger partial charge in [0.15, 0.2) is 0 Å². The van der Waals surface area contributed by atoms with Gasteiger partial charge in [-0.1, -0.05) is 38.1 Å². The molecule has 4 heteroatoms. The van der Waals surface area contributed by atoms with E-state index in [2.05, 4.69) is 18.2 Å². The molecular weight excluding hydrogens is 234 g/mol. The van der Waals surface area contributed by atoms with E-state index in [4.69, 9.17) is 5.11 Å². The van der Waals surface area contributed by atoms with Crippen LogP contribution in [0, 0.1) is 0 Å². The van der Waals surface area contributed by atoms with Gasteiger partial charge < -0.3 is 5.11 Å². The molecule has 0 aliphatic rings. The highest BCUT2D eigenvalue weighted by Gasteiger charge is 2.14. The molecular formula is C13H13NO2S. The number of nitrogens with zero attached hydrogens (tertiary/aromatic N) is 1. The molecule has 0 atom stereocenters. The number of carboxylic acid groups (broad SMARTS) is 1. The summed E-state index contributed by atoms with van der Waals surface area (Å²) in [5.74, 6) is -0.458. The first-order valence-electron chi connectivity index (χ1n) is 5.37. The number of aromatic nitrogens is 1. The molecule has 0 spiro atoms. The van der Waals surface area contributed by atoms with Crippen LogP contribution in [0.25, 0.3) is 11.3 Å². The fourth-order valence-corrected chi connectivity index (χ4v) is 2.30. The van der Waals surface area contributed by atoms with Crippen LogP contribution in [0.2, 0.25) is 0 Å². The maximum atomic E-state index is 11.0. The zero-order chi connectivity index (χ0) is 12.4. The van der Waals surface area contributed by atoms with E-state index in [0.29, 0.717) is 11.6 Å². The van der Waals surface area contributed by atoms with Crippen molar-refractivity contribution in [3.05, 3.63) is 40.8 Å². The summed E-state index contributed by atoms with van der Waals surface area (Å²) in [7, 11) is 0. The van der Waals surface area contributed by atoms with Gasteiger partial charge in [0.1, 0.15) is 0 Å². The van der Waals surface area contributed by atoms with E-state index in [1.807, 2.05) is 24.3 Å². The van der Waals surface area contributed by atoms with Crippen LogP contribution in [0.15, 0.2) is 29.6 Å². The summed E-state index contributed by atoms with van der Waals surface area (Å²) < 4.78 is 4.14. The predicted octanol–water partition coefficient (Wildman–Crippen LogP) is 3.63. The van der Waals surface area contributed by atoms with Crippen molar-refractivity contribution in [2.24, 2.45) is 0 Å². The molecule has 88 valence electrons. The van der Waals surface area contributed by atoms with Crippen molar-refractivity contribution >= 4 is 17.5 Å². The highest BCUT2D eigenvalue weighted by molar-refractivity contribution is 7.04. The summed E-state index contributed by atoms with van der Waals surface area (Å²) >= 11 is 1.17. The number of rotatable bonds is 3. The van der Waals surface area contributed by atoms with Gasteiger partial charge in [0.05, 0.1) is 11.3 Å². The molecule has 1 aromatic carbocycles. The Bertz CT molecular complexity index is 529. The summed E-state index contributed by atoms with van der Waals surface area (Å²) in [5.41, 5.74) is 2.92. The number of aromatic carboxylic acids is 1. The van der Waals surface area contributed by atoms with E-state index in [1.165, 1.54) is 17.1 Å². The van der Waals surface area contributed by atoms with Crippen LogP contribution in [0.4, 0.5) is 0 Å². The van der Waals surface area contributed by atoms with Crippen LogP contribution in [-0.2, 0) is 0 Å². The zero-order valence-corrected chi connectivity index (χ0v) is 10.5. The van der Waals surface area contributed by atoms with E-state index < -0.39 is 5.97 Å². The average Bonchev–Trinajstić information content (AvgIpc) is 2.78. The Morgan fingerprint density at radius 3 is 2.47 bits per heavy atom. The second-order valence-electron chi connectivity index (χ2n) is 4.16. The molecule has 0 aliphatic heterocycles. The minimum atomic E-state index is -0.929. The normalized spacial score (nSPS) is 10.8. The molecule has 0 saturated carbocycles. The highest BCUT2D eigenvalue weighted by atomic mass is 32.1. The lowest BCUT2D eigenvalue weighted by Crippen LogP contribution is -1.97. The Hall–Kier alpha value is -1.68. The Morgan fingerprint density at radius 2 is 1.94 bits per heavy atom. The quantitative estimate of drug-likeness (QED) is 0.901. The first-order chi connectivity index (χ1) is 8.09. The number of carboxylic acids is 1. The maximum absolute atomic E-state index is 11.0. The van der Waals surface area contributed by atoms with Gasteiger partial charge >= 0.3 is 5.97 Å². The molecule has 2 rings (SSSR count). The van der Waals surface area contributed by atoms with Crippen molar-refractivity contribution in [1.82, 2.24) is 4.37 Å². The number of hydrogen-bond donors (Lipinski definition) is 1. The largest absolute Gasteiger partial charge is 0.478 e. The van der Waals surface area contributed by atoms with Gasteiger partial charge in [-0.15, -0.1) is 0 Å². The summed E-state index contributed by atoms with van der Waals surface area (Å²) in [5, 5.41) is 10.6. The van der Waals surface area contributed by atoms with Gasteiger partial charge in [0.2, 0.25) is 0 Å². The molecule has 0 radical (unpaired) electrons. The van der Waals surface area contributed by atoms with Gasteiger partial charge in [-0.3, -0.25) is 0 Å². The molecule has 1 aromatic heterocycles. The third-order valence-electron chi connectivity index (χ3n) is 2.65.